The Hall–Kier alpha value is -3.10. The second-order valence-electron chi connectivity index (χ2n) is 7.30. The molecule has 0 amide bonds. The van der Waals surface area contributed by atoms with Gasteiger partial charge in [-0.05, 0) is 49.4 Å². The fourth-order valence-electron chi connectivity index (χ4n) is 3.63. The van der Waals surface area contributed by atoms with Crippen molar-refractivity contribution in [1.29, 1.82) is 0 Å². The van der Waals surface area contributed by atoms with Gasteiger partial charge in [0.15, 0.2) is 0 Å². The van der Waals surface area contributed by atoms with Crippen LogP contribution in [-0.4, -0.2) is 34.6 Å². The van der Waals surface area contributed by atoms with Gasteiger partial charge >= 0.3 is 5.69 Å². The second kappa shape index (κ2) is 8.28. The lowest BCUT2D eigenvalue weighted by atomic mass is 9.92. The highest BCUT2D eigenvalue weighted by atomic mass is 16.6. The molecule has 3 N–H and O–H groups in total. The van der Waals surface area contributed by atoms with E-state index in [2.05, 4.69) is 29.1 Å². The smallest absolute Gasteiger partial charge is 0.353 e. The highest BCUT2D eigenvalue weighted by Gasteiger charge is 2.28. The molecule has 1 aromatic carbocycles. The summed E-state index contributed by atoms with van der Waals surface area (Å²) in [6, 6.07) is 7.13. The highest BCUT2D eigenvalue weighted by Crippen LogP contribution is 2.34. The number of nitro groups is 1. The first-order valence-electron chi connectivity index (χ1n) is 9.44. The molecular formula is C19H26N6O3. The van der Waals surface area contributed by atoms with E-state index in [0.29, 0.717) is 30.1 Å². The number of nitrogens with two attached hydrogens (primary N) is 1. The van der Waals surface area contributed by atoms with E-state index in [9.17, 15) is 10.1 Å². The van der Waals surface area contributed by atoms with E-state index in [1.54, 1.807) is 24.3 Å². The highest BCUT2D eigenvalue weighted by molar-refractivity contribution is 5.74. The van der Waals surface area contributed by atoms with Gasteiger partial charge in [0.25, 0.3) is 0 Å². The van der Waals surface area contributed by atoms with Gasteiger partial charge in [-0.3, -0.25) is 10.1 Å². The topological polar surface area (TPSA) is 119 Å². The quantitative estimate of drug-likeness (QED) is 0.571. The average molecular weight is 386 g/mol. The van der Waals surface area contributed by atoms with Crippen LogP contribution in [0.15, 0.2) is 24.3 Å². The van der Waals surface area contributed by atoms with Crippen LogP contribution >= 0.6 is 0 Å². The van der Waals surface area contributed by atoms with E-state index in [4.69, 9.17) is 10.5 Å². The number of piperidine rings is 1. The van der Waals surface area contributed by atoms with Gasteiger partial charge in [0, 0.05) is 18.8 Å². The fraction of sp³-hybridized carbons (Fsp3) is 0.474. The van der Waals surface area contributed by atoms with Crippen LogP contribution in [0, 0.1) is 22.0 Å². The third kappa shape index (κ3) is 4.41. The molecule has 0 radical (unpaired) electrons. The zero-order valence-electron chi connectivity index (χ0n) is 16.4. The molecule has 0 aliphatic carbocycles. The van der Waals surface area contributed by atoms with Crippen LogP contribution in [0.4, 0.5) is 29.0 Å². The molecule has 0 unspecified atom stereocenters. The molecule has 3 rings (SSSR count). The van der Waals surface area contributed by atoms with E-state index in [0.717, 1.165) is 25.3 Å². The summed E-state index contributed by atoms with van der Waals surface area (Å²) in [5, 5.41) is 14.5. The summed E-state index contributed by atoms with van der Waals surface area (Å²) in [6.07, 6.45) is 1.14. The van der Waals surface area contributed by atoms with Crippen LogP contribution in [-0.2, 0) is 0 Å². The minimum absolute atomic E-state index is 0.0857. The molecular weight excluding hydrogens is 360 g/mol. The predicted molar refractivity (Wildman–Crippen MR) is 109 cm³/mol. The Morgan fingerprint density at radius 1 is 1.25 bits per heavy atom. The Morgan fingerprint density at radius 3 is 2.46 bits per heavy atom. The number of nitrogens with one attached hydrogen (secondary N) is 1. The summed E-state index contributed by atoms with van der Waals surface area (Å²) in [7, 11) is 0. The van der Waals surface area contributed by atoms with Gasteiger partial charge in [-0.25, -0.2) is 0 Å². The standard InChI is InChI=1S/C19H26N6O3/c1-4-28-15-7-5-14(6-8-15)21-18-16(25(26)27)17(20)22-19(23-18)24-10-12(2)9-13(3)11-24/h5-8,12-13H,4,9-11H2,1-3H3,(H3,20,21,22,23)/t12-,13-/m0/s1. The molecule has 1 aliphatic rings. The van der Waals surface area contributed by atoms with Gasteiger partial charge in [0.05, 0.1) is 11.5 Å². The molecule has 9 nitrogen and oxygen atoms in total. The molecule has 0 saturated carbocycles. The molecule has 0 bridgehead atoms. The second-order valence-corrected chi connectivity index (χ2v) is 7.30. The van der Waals surface area contributed by atoms with Crippen LogP contribution < -0.4 is 20.7 Å². The Balaban J connectivity index is 1.93. The zero-order chi connectivity index (χ0) is 20.3. The van der Waals surface area contributed by atoms with Gasteiger partial charge in [-0.1, -0.05) is 13.8 Å². The summed E-state index contributed by atoms with van der Waals surface area (Å²) in [6.45, 7) is 8.42. The van der Waals surface area contributed by atoms with Crippen molar-refractivity contribution in [3.8, 4) is 5.75 Å². The number of anilines is 4. The van der Waals surface area contributed by atoms with Crippen LogP contribution in [0.1, 0.15) is 27.2 Å². The lowest BCUT2D eigenvalue weighted by Crippen LogP contribution is -2.39. The monoisotopic (exact) mass is 386 g/mol. The lowest BCUT2D eigenvalue weighted by molar-refractivity contribution is -0.383. The first kappa shape index (κ1) is 19.7. The molecule has 28 heavy (non-hydrogen) atoms. The van der Waals surface area contributed by atoms with E-state index < -0.39 is 4.92 Å². The number of benzene rings is 1. The number of nitrogens with zero attached hydrogens (tertiary/aromatic N) is 4. The average Bonchev–Trinajstić information content (AvgIpc) is 2.62. The molecule has 9 heteroatoms. The summed E-state index contributed by atoms with van der Waals surface area (Å²) in [5.74, 6) is 2.06. The van der Waals surface area contributed by atoms with Crippen molar-refractivity contribution in [1.82, 2.24) is 9.97 Å². The minimum Gasteiger partial charge on any atom is -0.494 e. The van der Waals surface area contributed by atoms with Gasteiger partial charge in [0.2, 0.25) is 17.6 Å². The van der Waals surface area contributed by atoms with Crippen molar-refractivity contribution in [2.75, 3.05) is 35.6 Å². The molecule has 0 spiro atoms. The van der Waals surface area contributed by atoms with Gasteiger partial charge < -0.3 is 20.7 Å². The predicted octanol–water partition coefficient (Wildman–Crippen LogP) is 3.59. The molecule has 1 fully saturated rings. The maximum atomic E-state index is 11.5. The Morgan fingerprint density at radius 2 is 1.89 bits per heavy atom. The normalized spacial score (nSPS) is 19.3. The number of rotatable bonds is 6. The van der Waals surface area contributed by atoms with Crippen LogP contribution in [0.5, 0.6) is 5.75 Å². The first-order chi connectivity index (χ1) is 13.4. The molecule has 1 aliphatic heterocycles. The van der Waals surface area contributed by atoms with Crippen molar-refractivity contribution >= 4 is 29.0 Å². The first-order valence-corrected chi connectivity index (χ1v) is 9.44. The maximum Gasteiger partial charge on any atom is 0.353 e. The molecule has 1 aromatic heterocycles. The Kier molecular flexibility index (Phi) is 5.81. The third-order valence-corrected chi connectivity index (χ3v) is 4.66. The van der Waals surface area contributed by atoms with Crippen LogP contribution in [0.2, 0.25) is 0 Å². The minimum atomic E-state index is -0.558. The van der Waals surface area contributed by atoms with Crippen molar-refractivity contribution in [2.45, 2.75) is 27.2 Å². The zero-order valence-corrected chi connectivity index (χ0v) is 16.4. The Bertz CT molecular complexity index is 832. The van der Waals surface area contributed by atoms with E-state index >= 15 is 0 Å². The molecule has 2 aromatic rings. The lowest BCUT2D eigenvalue weighted by Gasteiger charge is -2.35. The molecule has 2 heterocycles. The molecule has 150 valence electrons. The molecule has 2 atom stereocenters. The van der Waals surface area contributed by atoms with Crippen molar-refractivity contribution in [3.05, 3.63) is 34.4 Å². The third-order valence-electron chi connectivity index (χ3n) is 4.66. The van der Waals surface area contributed by atoms with Crippen molar-refractivity contribution in [2.24, 2.45) is 11.8 Å². The summed E-state index contributed by atoms with van der Waals surface area (Å²) >= 11 is 0. The van der Waals surface area contributed by atoms with E-state index in [1.165, 1.54) is 0 Å². The largest absolute Gasteiger partial charge is 0.494 e. The number of nitrogen functional groups attached to an aromatic ring is 1. The van der Waals surface area contributed by atoms with Crippen molar-refractivity contribution in [3.63, 3.8) is 0 Å². The summed E-state index contributed by atoms with van der Waals surface area (Å²) < 4.78 is 5.42. The number of ether oxygens (including phenoxy) is 1. The van der Waals surface area contributed by atoms with Gasteiger partial charge in [0.1, 0.15) is 5.75 Å². The fourth-order valence-corrected chi connectivity index (χ4v) is 3.63. The van der Waals surface area contributed by atoms with Crippen LogP contribution in [0.25, 0.3) is 0 Å². The summed E-state index contributed by atoms with van der Waals surface area (Å²) in [4.78, 5) is 21.7. The molecule has 1 saturated heterocycles. The van der Waals surface area contributed by atoms with E-state index in [-0.39, 0.29) is 17.3 Å². The SMILES string of the molecule is CCOc1ccc(Nc2nc(N3C[C@@H](C)C[C@H](C)C3)nc(N)c2[N+](=O)[O-])cc1. The number of hydrogen-bond acceptors (Lipinski definition) is 8. The maximum absolute atomic E-state index is 11.5. The van der Waals surface area contributed by atoms with Gasteiger partial charge in [-0.15, -0.1) is 0 Å². The summed E-state index contributed by atoms with van der Waals surface area (Å²) in [5.41, 5.74) is 6.26. The number of hydrogen-bond donors (Lipinski definition) is 2. The number of aromatic nitrogens is 2. The van der Waals surface area contributed by atoms with Gasteiger partial charge in [-0.2, -0.15) is 9.97 Å². The van der Waals surface area contributed by atoms with Crippen LogP contribution in [0.3, 0.4) is 0 Å². The Labute approximate surface area is 164 Å². The van der Waals surface area contributed by atoms with E-state index in [1.807, 2.05) is 11.8 Å². The van der Waals surface area contributed by atoms with Crippen molar-refractivity contribution < 1.29 is 9.66 Å².